The highest BCUT2D eigenvalue weighted by Crippen LogP contribution is 2.28. The Hall–Kier alpha value is -2.09. The molecule has 1 aromatic heterocycles. The molecule has 2 rings (SSSR count). The maximum atomic E-state index is 13.3. The quantitative estimate of drug-likeness (QED) is 0.672. The van der Waals surface area contributed by atoms with Crippen LogP contribution in [0.1, 0.15) is 13.0 Å². The van der Waals surface area contributed by atoms with Crippen molar-refractivity contribution in [2.45, 2.75) is 18.1 Å². The number of carbonyl (C=O) groups is 2. The minimum Gasteiger partial charge on any atom is -0.481 e. The molecule has 8 heteroatoms. The average Bonchev–Trinajstić information content (AvgIpc) is 2.80. The Bertz CT molecular complexity index is 701. The molecule has 0 spiro atoms. The number of fused-ring (bicyclic) bond motifs is 1. The minimum atomic E-state index is -1.00. The summed E-state index contributed by atoms with van der Waals surface area (Å²) in [7, 11) is 1.27. The summed E-state index contributed by atoms with van der Waals surface area (Å²) in [6.07, 6.45) is 0. The highest BCUT2D eigenvalue weighted by molar-refractivity contribution is 7.99. The zero-order valence-electron chi connectivity index (χ0n) is 11.4. The smallest absolute Gasteiger partial charge is 0.328 e. The third kappa shape index (κ3) is 3.15. The van der Waals surface area contributed by atoms with E-state index in [9.17, 15) is 14.0 Å². The second kappa shape index (κ2) is 6.13. The van der Waals surface area contributed by atoms with Crippen LogP contribution in [-0.4, -0.2) is 39.5 Å². The molecule has 0 aliphatic heterocycles. The number of hydrogen-bond donors (Lipinski definition) is 1. The van der Waals surface area contributed by atoms with Crippen molar-refractivity contribution in [3.05, 3.63) is 24.0 Å². The van der Waals surface area contributed by atoms with E-state index >= 15 is 0 Å². The van der Waals surface area contributed by atoms with E-state index in [4.69, 9.17) is 9.84 Å². The first kappa shape index (κ1) is 15.3. The Morgan fingerprint density at radius 2 is 2.24 bits per heavy atom. The number of thioether (sulfide) groups is 1. The van der Waals surface area contributed by atoms with Gasteiger partial charge < -0.3 is 14.4 Å². The molecule has 0 saturated carbocycles. The molecule has 1 heterocycles. The van der Waals surface area contributed by atoms with E-state index in [-0.39, 0.29) is 5.75 Å². The van der Waals surface area contributed by atoms with Crippen LogP contribution in [0.3, 0.4) is 0 Å². The van der Waals surface area contributed by atoms with Crippen LogP contribution < -0.4 is 0 Å². The monoisotopic (exact) mass is 312 g/mol. The summed E-state index contributed by atoms with van der Waals surface area (Å²) >= 11 is 0.965. The maximum absolute atomic E-state index is 13.3. The molecule has 1 aromatic carbocycles. The van der Waals surface area contributed by atoms with Gasteiger partial charge in [0.1, 0.15) is 11.9 Å². The van der Waals surface area contributed by atoms with Gasteiger partial charge in [0, 0.05) is 6.07 Å². The zero-order valence-corrected chi connectivity index (χ0v) is 12.2. The number of carbonyl (C=O) groups excluding carboxylic acids is 1. The van der Waals surface area contributed by atoms with Gasteiger partial charge in [-0.2, -0.15) is 0 Å². The summed E-state index contributed by atoms with van der Waals surface area (Å²) < 4.78 is 19.5. The number of aromatic nitrogens is 2. The molecule has 0 bridgehead atoms. The molecule has 1 atom stereocenters. The molecule has 0 radical (unpaired) electrons. The lowest BCUT2D eigenvalue weighted by atomic mass is 10.2. The van der Waals surface area contributed by atoms with Crippen molar-refractivity contribution in [2.75, 3.05) is 12.9 Å². The largest absolute Gasteiger partial charge is 0.481 e. The Kier molecular flexibility index (Phi) is 4.46. The number of hydrogen-bond acceptors (Lipinski definition) is 5. The van der Waals surface area contributed by atoms with Crippen LogP contribution in [0.4, 0.5) is 4.39 Å². The second-order valence-electron chi connectivity index (χ2n) is 4.28. The van der Waals surface area contributed by atoms with Crippen molar-refractivity contribution < 1.29 is 23.8 Å². The molecule has 0 amide bonds. The number of aliphatic carboxylic acids is 1. The van der Waals surface area contributed by atoms with Crippen molar-refractivity contribution >= 4 is 34.7 Å². The Labute approximate surface area is 123 Å². The van der Waals surface area contributed by atoms with Crippen LogP contribution in [0.2, 0.25) is 0 Å². The van der Waals surface area contributed by atoms with E-state index in [1.807, 2.05) is 0 Å². The molecule has 6 nitrogen and oxygen atoms in total. The lowest BCUT2D eigenvalue weighted by Gasteiger charge is -2.14. The topological polar surface area (TPSA) is 81.4 Å². The van der Waals surface area contributed by atoms with Gasteiger partial charge in [0.15, 0.2) is 5.16 Å². The molecular formula is C13H13FN2O4S. The van der Waals surface area contributed by atoms with Crippen LogP contribution >= 0.6 is 11.8 Å². The lowest BCUT2D eigenvalue weighted by Crippen LogP contribution is -2.18. The van der Waals surface area contributed by atoms with Crippen LogP contribution in [0.25, 0.3) is 11.0 Å². The van der Waals surface area contributed by atoms with E-state index < -0.39 is 23.8 Å². The molecule has 0 aliphatic rings. The predicted octanol–water partition coefficient (Wildman–Crippen LogP) is 2.09. The van der Waals surface area contributed by atoms with Crippen molar-refractivity contribution in [1.82, 2.24) is 9.55 Å². The zero-order chi connectivity index (χ0) is 15.6. The van der Waals surface area contributed by atoms with Gasteiger partial charge in [-0.1, -0.05) is 11.8 Å². The van der Waals surface area contributed by atoms with E-state index in [0.29, 0.717) is 16.2 Å². The number of esters is 1. The van der Waals surface area contributed by atoms with Crippen LogP contribution in [-0.2, 0) is 14.3 Å². The van der Waals surface area contributed by atoms with Gasteiger partial charge in [-0.3, -0.25) is 4.79 Å². The van der Waals surface area contributed by atoms with E-state index in [0.717, 1.165) is 11.8 Å². The van der Waals surface area contributed by atoms with E-state index in [1.54, 1.807) is 11.5 Å². The maximum Gasteiger partial charge on any atom is 0.328 e. The van der Waals surface area contributed by atoms with Crippen LogP contribution in [0.5, 0.6) is 0 Å². The van der Waals surface area contributed by atoms with E-state index in [2.05, 4.69) is 4.98 Å². The highest BCUT2D eigenvalue weighted by atomic mass is 32.2. The standard InChI is InChI=1S/C13H13FN2O4S/c1-7(12(19)20-2)16-10-4-3-8(14)5-9(10)15-13(16)21-6-11(17)18/h3-5,7H,6H2,1-2H3,(H,17,18). The van der Waals surface area contributed by atoms with Gasteiger partial charge in [-0.25, -0.2) is 14.2 Å². The summed E-state index contributed by atoms with van der Waals surface area (Å²) in [4.78, 5) is 26.6. The summed E-state index contributed by atoms with van der Waals surface area (Å²) in [6.45, 7) is 1.61. The third-order valence-corrected chi connectivity index (χ3v) is 3.81. The molecular weight excluding hydrogens is 299 g/mol. The fraction of sp³-hybridized carbons (Fsp3) is 0.308. The van der Waals surface area contributed by atoms with E-state index in [1.165, 1.54) is 25.3 Å². The molecule has 112 valence electrons. The van der Waals surface area contributed by atoms with Crippen molar-refractivity contribution in [3.8, 4) is 0 Å². The lowest BCUT2D eigenvalue weighted by molar-refractivity contribution is -0.144. The Morgan fingerprint density at radius 3 is 2.86 bits per heavy atom. The molecule has 0 saturated heterocycles. The predicted molar refractivity (Wildman–Crippen MR) is 74.8 cm³/mol. The molecule has 1 unspecified atom stereocenters. The number of rotatable bonds is 5. The van der Waals surface area contributed by atoms with Crippen molar-refractivity contribution in [1.29, 1.82) is 0 Å². The first-order chi connectivity index (χ1) is 9.93. The number of halogens is 1. The molecule has 0 aliphatic carbocycles. The molecule has 1 N–H and O–H groups in total. The first-order valence-electron chi connectivity index (χ1n) is 6.04. The number of methoxy groups -OCH3 is 1. The molecule has 2 aromatic rings. The SMILES string of the molecule is COC(=O)C(C)n1c(SCC(=O)O)nc2cc(F)ccc21. The Morgan fingerprint density at radius 1 is 1.52 bits per heavy atom. The number of benzene rings is 1. The molecule has 21 heavy (non-hydrogen) atoms. The summed E-state index contributed by atoms with van der Waals surface area (Å²) in [6, 6.07) is 3.31. The summed E-state index contributed by atoms with van der Waals surface area (Å²) in [5.41, 5.74) is 0.904. The second-order valence-corrected chi connectivity index (χ2v) is 5.22. The number of carboxylic acid groups (broad SMARTS) is 1. The van der Waals surface area contributed by atoms with Crippen molar-refractivity contribution in [2.24, 2.45) is 0 Å². The first-order valence-corrected chi connectivity index (χ1v) is 7.02. The minimum absolute atomic E-state index is 0.209. The van der Waals surface area contributed by atoms with Gasteiger partial charge >= 0.3 is 11.9 Å². The van der Waals surface area contributed by atoms with Gasteiger partial charge in [-0.15, -0.1) is 0 Å². The Balaban J connectivity index is 2.54. The number of carboxylic acids is 1. The fourth-order valence-corrected chi connectivity index (χ4v) is 2.74. The van der Waals surface area contributed by atoms with Gasteiger partial charge in [-0.05, 0) is 19.1 Å². The van der Waals surface area contributed by atoms with Gasteiger partial charge in [0.2, 0.25) is 0 Å². The number of nitrogens with zero attached hydrogens (tertiary/aromatic N) is 2. The van der Waals surface area contributed by atoms with Gasteiger partial charge in [0.25, 0.3) is 0 Å². The number of imidazole rings is 1. The van der Waals surface area contributed by atoms with Crippen molar-refractivity contribution in [3.63, 3.8) is 0 Å². The summed E-state index contributed by atoms with van der Waals surface area (Å²) in [5, 5.41) is 9.10. The third-order valence-electron chi connectivity index (χ3n) is 2.87. The van der Waals surface area contributed by atoms with Crippen LogP contribution in [0, 0.1) is 5.82 Å². The average molecular weight is 312 g/mol. The summed E-state index contributed by atoms with van der Waals surface area (Å²) in [5.74, 6) is -2.15. The normalized spacial score (nSPS) is 12.3. The fourth-order valence-electron chi connectivity index (χ4n) is 1.93. The van der Waals surface area contributed by atoms with Crippen LogP contribution in [0.15, 0.2) is 23.4 Å². The van der Waals surface area contributed by atoms with Gasteiger partial charge in [0.05, 0.1) is 23.9 Å². The molecule has 0 fully saturated rings. The number of ether oxygens (including phenoxy) is 1. The highest BCUT2D eigenvalue weighted by Gasteiger charge is 2.23.